The molecule has 0 saturated carbocycles. The molecule has 0 aliphatic carbocycles. The van der Waals surface area contributed by atoms with Crippen molar-refractivity contribution in [2.24, 2.45) is 0 Å². The van der Waals surface area contributed by atoms with Crippen molar-refractivity contribution in [3.63, 3.8) is 0 Å². The number of H-pyrrole nitrogens is 1. The standard InChI is InChI=1S/C13H20ClN3O3S/c1-3-16(4-2)10-5-6-17(9-10)21(19,20)11-7-12(14)13(18)15-8-11/h7-8,10H,3-6,9H2,1-2H3,(H,15,18). The first-order valence-electron chi connectivity index (χ1n) is 7.02. The topological polar surface area (TPSA) is 73.5 Å². The van der Waals surface area contributed by atoms with E-state index in [-0.39, 0.29) is 16.0 Å². The van der Waals surface area contributed by atoms with Gasteiger partial charge in [0.1, 0.15) is 5.02 Å². The Balaban J connectivity index is 2.21. The van der Waals surface area contributed by atoms with E-state index in [0.29, 0.717) is 13.1 Å². The largest absolute Gasteiger partial charge is 0.326 e. The van der Waals surface area contributed by atoms with Crippen LogP contribution < -0.4 is 5.56 Å². The molecular formula is C13H20ClN3O3S. The average molecular weight is 334 g/mol. The summed E-state index contributed by atoms with van der Waals surface area (Å²) >= 11 is 5.72. The second-order valence-electron chi connectivity index (χ2n) is 5.04. The Bertz CT molecular complexity index is 655. The maximum Gasteiger partial charge on any atom is 0.266 e. The van der Waals surface area contributed by atoms with Gasteiger partial charge in [0.15, 0.2) is 0 Å². The van der Waals surface area contributed by atoms with Crippen molar-refractivity contribution in [3.05, 3.63) is 27.6 Å². The van der Waals surface area contributed by atoms with Gasteiger partial charge >= 0.3 is 0 Å². The summed E-state index contributed by atoms with van der Waals surface area (Å²) < 4.78 is 26.6. The van der Waals surface area contributed by atoms with Gasteiger partial charge in [0.05, 0.1) is 4.90 Å². The van der Waals surface area contributed by atoms with Crippen molar-refractivity contribution in [2.45, 2.75) is 31.2 Å². The number of aromatic nitrogens is 1. The smallest absolute Gasteiger partial charge is 0.266 e. The summed E-state index contributed by atoms with van der Waals surface area (Å²) in [6.07, 6.45) is 2.02. The molecule has 0 bridgehead atoms. The minimum atomic E-state index is -3.61. The molecule has 1 aliphatic heterocycles. The molecule has 1 unspecified atom stereocenters. The molecule has 0 spiro atoms. The van der Waals surface area contributed by atoms with Gasteiger partial charge in [-0.1, -0.05) is 25.4 Å². The van der Waals surface area contributed by atoms with Crippen molar-refractivity contribution in [3.8, 4) is 0 Å². The molecule has 1 saturated heterocycles. The summed E-state index contributed by atoms with van der Waals surface area (Å²) in [5.41, 5.74) is -0.488. The summed E-state index contributed by atoms with van der Waals surface area (Å²) in [4.78, 5) is 15.9. The number of hydrogen-bond acceptors (Lipinski definition) is 4. The lowest BCUT2D eigenvalue weighted by Crippen LogP contribution is -2.38. The van der Waals surface area contributed by atoms with Gasteiger partial charge in [-0.2, -0.15) is 4.31 Å². The third kappa shape index (κ3) is 3.31. The zero-order valence-corrected chi connectivity index (χ0v) is 13.7. The number of nitrogens with one attached hydrogen (secondary N) is 1. The Kier molecular flexibility index (Phi) is 5.08. The second kappa shape index (κ2) is 6.48. The first kappa shape index (κ1) is 16.5. The van der Waals surface area contributed by atoms with Crippen molar-refractivity contribution in [1.29, 1.82) is 0 Å². The number of halogens is 1. The van der Waals surface area contributed by atoms with Crippen LogP contribution in [0.1, 0.15) is 20.3 Å². The average Bonchev–Trinajstić information content (AvgIpc) is 2.93. The van der Waals surface area contributed by atoms with Crippen molar-refractivity contribution in [2.75, 3.05) is 26.2 Å². The first-order chi connectivity index (χ1) is 9.90. The molecule has 8 heteroatoms. The van der Waals surface area contributed by atoms with Crippen LogP contribution in [0, 0.1) is 0 Å². The number of nitrogens with zero attached hydrogens (tertiary/aromatic N) is 2. The molecular weight excluding hydrogens is 314 g/mol. The summed E-state index contributed by atoms with van der Waals surface area (Å²) in [5.74, 6) is 0. The monoisotopic (exact) mass is 333 g/mol. The maximum atomic E-state index is 12.6. The van der Waals surface area contributed by atoms with E-state index < -0.39 is 15.6 Å². The molecule has 2 heterocycles. The molecule has 1 aromatic heterocycles. The highest BCUT2D eigenvalue weighted by Gasteiger charge is 2.34. The molecule has 1 fully saturated rings. The summed E-state index contributed by atoms with van der Waals surface area (Å²) in [5, 5.41) is -0.115. The van der Waals surface area contributed by atoms with E-state index in [2.05, 4.69) is 23.7 Å². The number of sulfonamides is 1. The third-order valence-electron chi connectivity index (χ3n) is 3.92. The highest BCUT2D eigenvalue weighted by Crippen LogP contribution is 2.23. The maximum absolute atomic E-state index is 12.6. The van der Waals surface area contributed by atoms with Crippen LogP contribution in [0.3, 0.4) is 0 Å². The summed E-state index contributed by atoms with van der Waals surface area (Å²) in [6, 6.07) is 1.45. The first-order valence-corrected chi connectivity index (χ1v) is 8.84. The molecule has 21 heavy (non-hydrogen) atoms. The quantitative estimate of drug-likeness (QED) is 0.876. The van der Waals surface area contributed by atoms with E-state index in [1.807, 2.05) is 0 Å². The van der Waals surface area contributed by atoms with E-state index in [1.165, 1.54) is 16.6 Å². The lowest BCUT2D eigenvalue weighted by molar-refractivity contribution is 0.224. The van der Waals surface area contributed by atoms with Crippen LogP contribution in [0.25, 0.3) is 0 Å². The molecule has 1 aliphatic rings. The second-order valence-corrected chi connectivity index (χ2v) is 7.38. The van der Waals surface area contributed by atoms with Gasteiger partial charge in [0.2, 0.25) is 10.0 Å². The van der Waals surface area contributed by atoms with E-state index >= 15 is 0 Å². The van der Waals surface area contributed by atoms with Gasteiger partial charge < -0.3 is 4.98 Å². The number of aromatic amines is 1. The normalized spacial score (nSPS) is 20.3. The third-order valence-corrected chi connectivity index (χ3v) is 6.05. The highest BCUT2D eigenvalue weighted by molar-refractivity contribution is 7.89. The molecule has 6 nitrogen and oxygen atoms in total. The van der Waals surface area contributed by atoms with E-state index in [9.17, 15) is 13.2 Å². The van der Waals surface area contributed by atoms with Crippen molar-refractivity contribution >= 4 is 21.6 Å². The van der Waals surface area contributed by atoms with Gasteiger partial charge in [0.25, 0.3) is 5.56 Å². The zero-order valence-electron chi connectivity index (χ0n) is 12.2. The molecule has 0 radical (unpaired) electrons. The Morgan fingerprint density at radius 3 is 2.67 bits per heavy atom. The fourth-order valence-electron chi connectivity index (χ4n) is 2.70. The van der Waals surface area contributed by atoms with Crippen LogP contribution in [0.2, 0.25) is 5.02 Å². The Morgan fingerprint density at radius 1 is 1.43 bits per heavy atom. The lowest BCUT2D eigenvalue weighted by atomic mass is 10.2. The molecule has 1 aromatic rings. The van der Waals surface area contributed by atoms with Crippen LogP contribution in [0.4, 0.5) is 0 Å². The van der Waals surface area contributed by atoms with E-state index in [1.54, 1.807) is 0 Å². The molecule has 0 amide bonds. The number of pyridine rings is 1. The highest BCUT2D eigenvalue weighted by atomic mass is 35.5. The predicted molar refractivity (Wildman–Crippen MR) is 82.2 cm³/mol. The zero-order chi connectivity index (χ0) is 15.6. The fraction of sp³-hybridized carbons (Fsp3) is 0.615. The van der Waals surface area contributed by atoms with Crippen molar-refractivity contribution in [1.82, 2.24) is 14.2 Å². The van der Waals surface area contributed by atoms with Gasteiger partial charge in [-0.3, -0.25) is 9.69 Å². The van der Waals surface area contributed by atoms with Gasteiger partial charge in [-0.15, -0.1) is 0 Å². The van der Waals surface area contributed by atoms with Crippen LogP contribution >= 0.6 is 11.6 Å². The van der Waals surface area contributed by atoms with Crippen LogP contribution in [-0.2, 0) is 10.0 Å². The Hall–Kier alpha value is -0.890. The molecule has 118 valence electrons. The summed E-state index contributed by atoms with van der Waals surface area (Å²) in [6.45, 7) is 6.91. The molecule has 1 atom stereocenters. The molecule has 0 aromatic carbocycles. The minimum absolute atomic E-state index is 0.0345. The van der Waals surface area contributed by atoms with Crippen molar-refractivity contribution < 1.29 is 8.42 Å². The SMILES string of the molecule is CCN(CC)C1CCN(S(=O)(=O)c2c[nH]c(=O)c(Cl)c2)C1. The summed E-state index contributed by atoms with van der Waals surface area (Å²) in [7, 11) is -3.61. The number of hydrogen-bond donors (Lipinski definition) is 1. The number of likely N-dealkylation sites (N-methyl/N-ethyl adjacent to an activating group) is 1. The fourth-order valence-corrected chi connectivity index (χ4v) is 4.43. The molecule has 2 rings (SSSR count). The minimum Gasteiger partial charge on any atom is -0.326 e. The lowest BCUT2D eigenvalue weighted by Gasteiger charge is -2.26. The van der Waals surface area contributed by atoms with Crippen LogP contribution in [0.15, 0.2) is 22.0 Å². The van der Waals surface area contributed by atoms with Gasteiger partial charge in [-0.25, -0.2) is 8.42 Å². The Labute approximate surface area is 129 Å². The number of rotatable bonds is 5. The van der Waals surface area contributed by atoms with Crippen LogP contribution in [0.5, 0.6) is 0 Å². The van der Waals surface area contributed by atoms with E-state index in [4.69, 9.17) is 11.6 Å². The van der Waals surface area contributed by atoms with Gasteiger partial charge in [0, 0.05) is 25.3 Å². The van der Waals surface area contributed by atoms with Gasteiger partial charge in [-0.05, 0) is 25.6 Å². The van der Waals surface area contributed by atoms with Crippen LogP contribution in [-0.4, -0.2) is 54.8 Å². The van der Waals surface area contributed by atoms with E-state index in [0.717, 1.165) is 19.5 Å². The Morgan fingerprint density at radius 2 is 2.10 bits per heavy atom. The predicted octanol–water partition coefficient (Wildman–Crippen LogP) is 1.13. The molecule has 1 N–H and O–H groups in total.